The van der Waals surface area contributed by atoms with Gasteiger partial charge in [-0.05, 0) is 35.9 Å². The number of hydrogen-bond acceptors (Lipinski definition) is 4. The third-order valence-corrected chi connectivity index (χ3v) is 7.69. The summed E-state index contributed by atoms with van der Waals surface area (Å²) in [7, 11) is -1.27. The Bertz CT molecular complexity index is 1120. The highest BCUT2D eigenvalue weighted by atomic mass is 28.3. The van der Waals surface area contributed by atoms with E-state index in [2.05, 4.69) is 42.0 Å². The average molecular weight is 466 g/mol. The van der Waals surface area contributed by atoms with E-state index in [0.29, 0.717) is 28.7 Å². The Morgan fingerprint density at radius 2 is 1.82 bits per heavy atom. The minimum Gasteiger partial charge on any atom is -0.379 e. The maximum Gasteiger partial charge on any atom is 0.252 e. The number of pyridine rings is 1. The molecule has 1 aliphatic heterocycles. The van der Waals surface area contributed by atoms with Gasteiger partial charge in [-0.15, -0.1) is 0 Å². The molecule has 5 nitrogen and oxygen atoms in total. The summed E-state index contributed by atoms with van der Waals surface area (Å²) in [6.45, 7) is 11.8. The highest BCUT2D eigenvalue weighted by molar-refractivity contribution is 6.76. The van der Waals surface area contributed by atoms with Crippen molar-refractivity contribution in [2.24, 2.45) is 0 Å². The van der Waals surface area contributed by atoms with Gasteiger partial charge in [-0.1, -0.05) is 43.9 Å². The summed E-state index contributed by atoms with van der Waals surface area (Å²) < 4.78 is 19.4. The Labute approximate surface area is 196 Å². The topological polar surface area (TPSA) is 54.5 Å². The first-order chi connectivity index (χ1) is 15.8. The quantitative estimate of drug-likeness (QED) is 0.502. The standard InChI is InChI=1S/C26H32FN3O2Si/c1-33(2,3)15-10-28-26(31)23-17-25(29-24-9-8-21(27)16-22(23)24)20-6-4-19(5-7-20)18-30-11-13-32-14-12-30/h4-9,16-17H,10-15,18H2,1-3H3,(H,28,31). The second-order valence-corrected chi connectivity index (χ2v) is 15.5. The number of nitrogens with one attached hydrogen (secondary N) is 1. The molecule has 0 atom stereocenters. The highest BCUT2D eigenvalue weighted by Crippen LogP contribution is 2.26. The van der Waals surface area contributed by atoms with Gasteiger partial charge in [-0.25, -0.2) is 9.37 Å². The van der Waals surface area contributed by atoms with Crippen LogP contribution in [0.5, 0.6) is 0 Å². The van der Waals surface area contributed by atoms with E-state index in [4.69, 9.17) is 9.72 Å². The second-order valence-electron chi connectivity index (χ2n) is 9.87. The Morgan fingerprint density at radius 3 is 2.52 bits per heavy atom. The van der Waals surface area contributed by atoms with Gasteiger partial charge in [0.15, 0.2) is 0 Å². The number of ether oxygens (including phenoxy) is 1. The SMILES string of the molecule is C[Si](C)(C)CCNC(=O)c1cc(-c2ccc(CN3CCOCC3)cc2)nc2ccc(F)cc12. The monoisotopic (exact) mass is 465 g/mol. The van der Waals surface area contributed by atoms with Gasteiger partial charge in [0.25, 0.3) is 5.91 Å². The molecule has 3 aromatic rings. The number of benzene rings is 2. The fraction of sp³-hybridized carbons (Fsp3) is 0.385. The minimum atomic E-state index is -1.27. The van der Waals surface area contributed by atoms with E-state index < -0.39 is 8.07 Å². The predicted molar refractivity (Wildman–Crippen MR) is 134 cm³/mol. The zero-order valence-corrected chi connectivity index (χ0v) is 20.7. The van der Waals surface area contributed by atoms with Crippen LogP contribution in [0.1, 0.15) is 15.9 Å². The fourth-order valence-electron chi connectivity index (χ4n) is 3.98. The molecular weight excluding hydrogens is 433 g/mol. The summed E-state index contributed by atoms with van der Waals surface area (Å²) in [5.74, 6) is -0.558. The third-order valence-electron chi connectivity index (χ3n) is 5.94. The first kappa shape index (κ1) is 23.5. The van der Waals surface area contributed by atoms with Crippen molar-refractivity contribution in [1.82, 2.24) is 15.2 Å². The largest absolute Gasteiger partial charge is 0.379 e. The van der Waals surface area contributed by atoms with Crippen LogP contribution in [-0.2, 0) is 11.3 Å². The van der Waals surface area contributed by atoms with Crippen molar-refractivity contribution < 1.29 is 13.9 Å². The zero-order chi connectivity index (χ0) is 23.4. The lowest BCUT2D eigenvalue weighted by Gasteiger charge is -2.26. The lowest BCUT2D eigenvalue weighted by molar-refractivity contribution is 0.0342. The number of rotatable bonds is 7. The lowest BCUT2D eigenvalue weighted by atomic mass is 10.0. The predicted octanol–water partition coefficient (Wildman–Crippen LogP) is 4.94. The number of hydrogen-bond donors (Lipinski definition) is 1. The molecule has 33 heavy (non-hydrogen) atoms. The molecule has 4 rings (SSSR count). The van der Waals surface area contributed by atoms with E-state index in [1.54, 1.807) is 12.1 Å². The molecule has 1 aliphatic rings. The van der Waals surface area contributed by atoms with Crippen molar-refractivity contribution in [1.29, 1.82) is 0 Å². The molecule has 174 valence electrons. The molecule has 0 bridgehead atoms. The van der Waals surface area contributed by atoms with Crippen molar-refractivity contribution in [2.75, 3.05) is 32.8 Å². The number of amides is 1. The lowest BCUT2D eigenvalue weighted by Crippen LogP contribution is -2.35. The number of morpholine rings is 1. The number of fused-ring (bicyclic) bond motifs is 1. The molecule has 0 unspecified atom stereocenters. The van der Waals surface area contributed by atoms with Gasteiger partial charge in [-0.3, -0.25) is 9.69 Å². The number of carbonyl (C=O) groups excluding carboxylic acids is 1. The number of aromatic nitrogens is 1. The highest BCUT2D eigenvalue weighted by Gasteiger charge is 2.17. The smallest absolute Gasteiger partial charge is 0.252 e. The van der Waals surface area contributed by atoms with Gasteiger partial charge < -0.3 is 10.1 Å². The van der Waals surface area contributed by atoms with Crippen LogP contribution in [0.25, 0.3) is 22.2 Å². The number of halogens is 1. The third kappa shape index (κ3) is 6.25. The van der Waals surface area contributed by atoms with Crippen molar-refractivity contribution in [3.8, 4) is 11.3 Å². The van der Waals surface area contributed by atoms with Gasteiger partial charge >= 0.3 is 0 Å². The summed E-state index contributed by atoms with van der Waals surface area (Å²) in [6, 6.07) is 15.5. The first-order valence-electron chi connectivity index (χ1n) is 11.6. The summed E-state index contributed by atoms with van der Waals surface area (Å²) in [4.78, 5) is 20.2. The van der Waals surface area contributed by atoms with Crippen LogP contribution in [0, 0.1) is 5.82 Å². The van der Waals surface area contributed by atoms with Crippen LogP contribution in [0.15, 0.2) is 48.5 Å². The fourth-order valence-corrected chi connectivity index (χ4v) is 4.85. The van der Waals surface area contributed by atoms with Gasteiger partial charge in [-0.2, -0.15) is 0 Å². The van der Waals surface area contributed by atoms with Gasteiger partial charge in [0.2, 0.25) is 0 Å². The Kier molecular flexibility index (Phi) is 7.22. The second kappa shape index (κ2) is 10.1. The van der Waals surface area contributed by atoms with Crippen LogP contribution < -0.4 is 5.32 Å². The molecule has 1 aromatic heterocycles. The summed E-state index contributed by atoms with van der Waals surface area (Å²) in [5, 5.41) is 3.57. The van der Waals surface area contributed by atoms with Crippen LogP contribution in [0.3, 0.4) is 0 Å². The van der Waals surface area contributed by atoms with E-state index in [9.17, 15) is 9.18 Å². The zero-order valence-electron chi connectivity index (χ0n) is 19.7. The molecule has 0 radical (unpaired) electrons. The van der Waals surface area contributed by atoms with Crippen LogP contribution in [-0.4, -0.2) is 56.7 Å². The Hall–Kier alpha value is -2.61. The van der Waals surface area contributed by atoms with E-state index in [0.717, 1.165) is 44.5 Å². The van der Waals surface area contributed by atoms with Gasteiger partial charge in [0, 0.05) is 45.2 Å². The molecule has 0 saturated carbocycles. The number of nitrogens with zero attached hydrogens (tertiary/aromatic N) is 2. The van der Waals surface area contributed by atoms with Crippen molar-refractivity contribution in [2.45, 2.75) is 32.2 Å². The van der Waals surface area contributed by atoms with Crippen molar-refractivity contribution in [3.05, 3.63) is 65.5 Å². The normalized spacial score (nSPS) is 15.0. The molecule has 2 aromatic carbocycles. The Morgan fingerprint density at radius 1 is 1.09 bits per heavy atom. The Balaban J connectivity index is 1.60. The van der Waals surface area contributed by atoms with E-state index in [-0.39, 0.29) is 11.7 Å². The van der Waals surface area contributed by atoms with Crippen LogP contribution in [0.2, 0.25) is 25.7 Å². The summed E-state index contributed by atoms with van der Waals surface area (Å²) in [5.41, 5.74) is 3.95. The molecule has 0 spiro atoms. The van der Waals surface area contributed by atoms with Gasteiger partial charge in [0.05, 0.1) is 30.0 Å². The minimum absolute atomic E-state index is 0.184. The molecule has 1 amide bonds. The average Bonchev–Trinajstić information content (AvgIpc) is 2.78. The van der Waals surface area contributed by atoms with E-state index in [1.807, 2.05) is 12.1 Å². The molecule has 0 aliphatic carbocycles. The molecule has 1 saturated heterocycles. The maximum absolute atomic E-state index is 14.0. The van der Waals surface area contributed by atoms with Crippen LogP contribution >= 0.6 is 0 Å². The van der Waals surface area contributed by atoms with Crippen LogP contribution in [0.4, 0.5) is 4.39 Å². The van der Waals surface area contributed by atoms with Crippen molar-refractivity contribution >= 4 is 24.9 Å². The molecular formula is C26H32FN3O2Si. The maximum atomic E-state index is 14.0. The van der Waals surface area contributed by atoms with E-state index in [1.165, 1.54) is 17.7 Å². The molecule has 7 heteroatoms. The summed E-state index contributed by atoms with van der Waals surface area (Å²) >= 11 is 0. The molecule has 1 fully saturated rings. The first-order valence-corrected chi connectivity index (χ1v) is 15.3. The van der Waals surface area contributed by atoms with E-state index >= 15 is 0 Å². The molecule has 1 N–H and O–H groups in total. The van der Waals surface area contributed by atoms with Gasteiger partial charge in [0.1, 0.15) is 5.82 Å². The number of carbonyl (C=O) groups is 1. The van der Waals surface area contributed by atoms with Crippen molar-refractivity contribution in [3.63, 3.8) is 0 Å². The summed E-state index contributed by atoms with van der Waals surface area (Å²) in [6.07, 6.45) is 0. The molecule has 2 heterocycles.